The Morgan fingerprint density at radius 1 is 1.05 bits per heavy atom. The van der Waals surface area contributed by atoms with Crippen LogP contribution in [-0.2, 0) is 13.0 Å². The van der Waals surface area contributed by atoms with Gasteiger partial charge in [-0.2, -0.15) is 0 Å². The summed E-state index contributed by atoms with van der Waals surface area (Å²) in [5.74, 6) is 1.67. The van der Waals surface area contributed by atoms with Gasteiger partial charge in [0, 0.05) is 41.0 Å². The third-order valence-electron chi connectivity index (χ3n) is 7.33. The van der Waals surface area contributed by atoms with Crippen LogP contribution in [0.3, 0.4) is 0 Å². The molecule has 3 N–H and O–H groups in total. The van der Waals surface area contributed by atoms with Crippen molar-refractivity contribution >= 4 is 34.9 Å². The monoisotopic (exact) mass is 616 g/mol. The van der Waals surface area contributed by atoms with Crippen molar-refractivity contribution in [3.05, 3.63) is 117 Å². The molecule has 2 heterocycles. The number of carbonyl (C=O) groups is 2. The van der Waals surface area contributed by atoms with Gasteiger partial charge >= 0.3 is 0 Å². The third kappa shape index (κ3) is 8.03. The number of carbonyl (C=O) groups excluding carboxylic acids is 2. The van der Waals surface area contributed by atoms with E-state index in [1.54, 1.807) is 54.5 Å². The predicted octanol–water partition coefficient (Wildman–Crippen LogP) is 4.84. The molecule has 0 aliphatic carbocycles. The van der Waals surface area contributed by atoms with Gasteiger partial charge in [0.15, 0.2) is 0 Å². The van der Waals surface area contributed by atoms with Crippen LogP contribution in [0.1, 0.15) is 48.6 Å². The first kappa shape index (κ1) is 30.7. The van der Waals surface area contributed by atoms with Gasteiger partial charge in [-0.3, -0.25) is 9.59 Å². The van der Waals surface area contributed by atoms with E-state index in [0.29, 0.717) is 30.0 Å². The number of nitrogens with zero attached hydrogens (tertiary/aromatic N) is 2. The fourth-order valence-corrected chi connectivity index (χ4v) is 7.20. The number of thiazole rings is 1. The molecular formula is C33H36N4O4S2. The number of nitrogens with one attached hydrogen (secondary N) is 2. The quantitative estimate of drug-likeness (QED) is 0.209. The van der Waals surface area contributed by atoms with E-state index in [1.165, 1.54) is 0 Å². The van der Waals surface area contributed by atoms with Crippen molar-refractivity contribution in [2.24, 2.45) is 0 Å². The lowest BCUT2D eigenvalue weighted by Crippen LogP contribution is -2.48. The number of ether oxygens (including phenoxy) is 1. The summed E-state index contributed by atoms with van der Waals surface area (Å²) in [5.41, 5.74) is 3.80. The van der Waals surface area contributed by atoms with Crippen LogP contribution >= 0.6 is 23.1 Å². The molecule has 224 valence electrons. The predicted molar refractivity (Wildman–Crippen MR) is 172 cm³/mol. The van der Waals surface area contributed by atoms with Crippen LogP contribution in [0, 0.1) is 6.92 Å². The van der Waals surface area contributed by atoms with Crippen molar-refractivity contribution in [3.8, 4) is 5.75 Å². The molecule has 0 radical (unpaired) electrons. The van der Waals surface area contributed by atoms with Crippen LogP contribution in [-0.4, -0.2) is 64.2 Å². The first-order chi connectivity index (χ1) is 20.9. The highest BCUT2D eigenvalue weighted by atomic mass is 32.2. The van der Waals surface area contributed by atoms with Crippen LogP contribution < -0.4 is 15.4 Å². The van der Waals surface area contributed by atoms with E-state index in [-0.39, 0.29) is 24.4 Å². The van der Waals surface area contributed by atoms with Crippen molar-refractivity contribution in [1.82, 2.24) is 20.5 Å². The summed E-state index contributed by atoms with van der Waals surface area (Å²) in [6.45, 7) is 2.77. The van der Waals surface area contributed by atoms with Gasteiger partial charge in [0.2, 0.25) is 0 Å². The van der Waals surface area contributed by atoms with Gasteiger partial charge in [0.05, 0.1) is 31.2 Å². The summed E-state index contributed by atoms with van der Waals surface area (Å²) in [6.07, 6.45) is -0.406. The molecule has 5 rings (SSSR count). The average molecular weight is 617 g/mol. The van der Waals surface area contributed by atoms with Gasteiger partial charge in [0.1, 0.15) is 10.8 Å². The molecule has 8 nitrogen and oxygen atoms in total. The number of hydrogen-bond donors (Lipinski definition) is 3. The minimum absolute atomic E-state index is 0.0800. The number of aliphatic hydroxyl groups is 1. The lowest BCUT2D eigenvalue weighted by Gasteiger charge is -2.25. The third-order valence-corrected chi connectivity index (χ3v) is 9.41. The molecule has 1 aliphatic heterocycles. The fourth-order valence-electron chi connectivity index (χ4n) is 5.02. The van der Waals surface area contributed by atoms with Gasteiger partial charge in [0.25, 0.3) is 11.8 Å². The standard InChI is InChI=1S/C33H36N4O4S2/c1-22-19-43-32(35-22)29-20-42-21-37(29)33(40)26-12-7-11-25(16-26)31(39)36-28(15-23-8-4-3-5-9-23)30(38)18-34-17-24-10-6-13-27(14-24)41-2/h3-14,16,19,28-30,34,38H,15,17-18,20-21H2,1-2H3,(H,36,39)/t28-,29?,30+/m0/s1. The number of benzene rings is 3. The second-order valence-corrected chi connectivity index (χ2v) is 12.4. The van der Waals surface area contributed by atoms with Crippen LogP contribution in [0.15, 0.2) is 84.2 Å². The second-order valence-electron chi connectivity index (χ2n) is 10.5. The van der Waals surface area contributed by atoms with Gasteiger partial charge in [-0.25, -0.2) is 4.98 Å². The number of thioether (sulfide) groups is 1. The van der Waals surface area contributed by atoms with Gasteiger partial charge in [-0.1, -0.05) is 48.5 Å². The number of aryl methyl sites for hydroxylation is 1. The van der Waals surface area contributed by atoms with Gasteiger partial charge in [-0.15, -0.1) is 23.1 Å². The molecule has 2 amide bonds. The van der Waals surface area contributed by atoms with Crippen molar-refractivity contribution in [1.29, 1.82) is 0 Å². The number of rotatable bonds is 12. The maximum atomic E-state index is 13.6. The van der Waals surface area contributed by atoms with Crippen molar-refractivity contribution in [2.45, 2.75) is 38.1 Å². The molecule has 43 heavy (non-hydrogen) atoms. The molecule has 3 aromatic carbocycles. The van der Waals surface area contributed by atoms with Gasteiger partial charge in [-0.05, 0) is 54.8 Å². The Bertz CT molecular complexity index is 1530. The maximum absolute atomic E-state index is 13.6. The normalized spacial score (nSPS) is 16.1. The first-order valence-corrected chi connectivity index (χ1v) is 16.2. The summed E-state index contributed by atoms with van der Waals surface area (Å²) in [5, 5.41) is 20.5. The molecule has 0 saturated carbocycles. The molecule has 0 spiro atoms. The van der Waals surface area contributed by atoms with E-state index in [9.17, 15) is 14.7 Å². The fraction of sp³-hybridized carbons (Fsp3) is 0.303. The second kappa shape index (κ2) is 14.7. The first-order valence-electron chi connectivity index (χ1n) is 14.2. The van der Waals surface area contributed by atoms with Crippen molar-refractivity contribution in [3.63, 3.8) is 0 Å². The van der Waals surface area contributed by atoms with E-state index in [2.05, 4.69) is 15.6 Å². The highest BCUT2D eigenvalue weighted by Crippen LogP contribution is 2.35. The van der Waals surface area contributed by atoms with E-state index in [0.717, 1.165) is 33.3 Å². The zero-order valence-electron chi connectivity index (χ0n) is 24.2. The summed E-state index contributed by atoms with van der Waals surface area (Å²) in [4.78, 5) is 33.5. The number of methoxy groups -OCH3 is 1. The lowest BCUT2D eigenvalue weighted by molar-refractivity contribution is 0.0746. The van der Waals surface area contributed by atoms with Crippen LogP contribution in [0.5, 0.6) is 5.75 Å². The summed E-state index contributed by atoms with van der Waals surface area (Å²) < 4.78 is 5.30. The molecular weight excluding hydrogens is 581 g/mol. The van der Waals surface area contributed by atoms with E-state index >= 15 is 0 Å². The molecule has 1 saturated heterocycles. The highest BCUT2D eigenvalue weighted by molar-refractivity contribution is 7.99. The summed E-state index contributed by atoms with van der Waals surface area (Å²) >= 11 is 3.27. The number of hydrogen-bond acceptors (Lipinski definition) is 8. The number of amides is 2. The topological polar surface area (TPSA) is 104 Å². The molecule has 1 aromatic heterocycles. The highest BCUT2D eigenvalue weighted by Gasteiger charge is 2.33. The number of aliphatic hydroxyl groups excluding tert-OH is 1. The van der Waals surface area contributed by atoms with E-state index in [1.807, 2.05) is 71.8 Å². The average Bonchev–Trinajstić information content (AvgIpc) is 3.70. The molecule has 1 fully saturated rings. The smallest absolute Gasteiger partial charge is 0.255 e. The zero-order chi connectivity index (χ0) is 30.2. The lowest BCUT2D eigenvalue weighted by atomic mass is 10.00. The minimum atomic E-state index is -0.858. The Morgan fingerprint density at radius 3 is 2.58 bits per heavy atom. The maximum Gasteiger partial charge on any atom is 0.255 e. The molecule has 10 heteroatoms. The van der Waals surface area contributed by atoms with E-state index in [4.69, 9.17) is 4.74 Å². The number of aromatic nitrogens is 1. The summed E-state index contributed by atoms with van der Waals surface area (Å²) in [7, 11) is 1.63. The Hall–Kier alpha value is -3.70. The Balaban J connectivity index is 1.27. The van der Waals surface area contributed by atoms with Gasteiger partial charge < -0.3 is 25.4 Å². The molecule has 1 aliphatic rings. The minimum Gasteiger partial charge on any atom is -0.497 e. The molecule has 1 unspecified atom stereocenters. The largest absolute Gasteiger partial charge is 0.497 e. The Labute approximate surface area is 260 Å². The molecule has 0 bridgehead atoms. The molecule has 4 aromatic rings. The molecule has 3 atom stereocenters. The van der Waals surface area contributed by atoms with Crippen LogP contribution in [0.25, 0.3) is 0 Å². The summed E-state index contributed by atoms with van der Waals surface area (Å²) in [6, 6.07) is 23.7. The van der Waals surface area contributed by atoms with E-state index < -0.39 is 12.1 Å². The Kier molecular flexibility index (Phi) is 10.5. The van der Waals surface area contributed by atoms with Crippen molar-refractivity contribution in [2.75, 3.05) is 25.3 Å². The Morgan fingerprint density at radius 2 is 1.81 bits per heavy atom. The zero-order valence-corrected chi connectivity index (χ0v) is 25.9. The van der Waals surface area contributed by atoms with Crippen LogP contribution in [0.2, 0.25) is 0 Å². The van der Waals surface area contributed by atoms with Crippen molar-refractivity contribution < 1.29 is 19.4 Å². The SMILES string of the molecule is COc1cccc(CNC[C@@H](O)[C@H](Cc2ccccc2)NC(=O)c2cccc(C(=O)N3CSCC3c3nc(C)cs3)c2)c1. The van der Waals surface area contributed by atoms with Crippen LogP contribution in [0.4, 0.5) is 0 Å².